The van der Waals surface area contributed by atoms with E-state index >= 15 is 0 Å². The normalized spacial score (nSPS) is 18.3. The first kappa shape index (κ1) is 14.3. The third-order valence-electron chi connectivity index (χ3n) is 4.85. The third-order valence-corrected chi connectivity index (χ3v) is 4.85. The van der Waals surface area contributed by atoms with Crippen molar-refractivity contribution in [2.24, 2.45) is 0 Å². The minimum absolute atomic E-state index is 1.04. The predicted octanol–water partition coefficient (Wildman–Crippen LogP) is 5.74. The second kappa shape index (κ2) is 6.04. The maximum absolute atomic E-state index is 4.96. The molecule has 0 N–H and O–H groups in total. The van der Waals surface area contributed by atoms with E-state index in [4.69, 9.17) is 4.98 Å². The molecule has 0 spiro atoms. The zero-order valence-electron chi connectivity index (χ0n) is 13.5. The molecule has 1 aromatic heterocycles. The van der Waals surface area contributed by atoms with E-state index in [1.54, 1.807) is 0 Å². The van der Waals surface area contributed by atoms with Crippen molar-refractivity contribution in [1.29, 1.82) is 0 Å². The lowest BCUT2D eigenvalue weighted by Gasteiger charge is -2.19. The van der Waals surface area contributed by atoms with Crippen LogP contribution >= 0.6 is 0 Å². The van der Waals surface area contributed by atoms with Gasteiger partial charge in [0.2, 0.25) is 0 Å². The molecule has 0 radical (unpaired) electrons. The zero-order valence-corrected chi connectivity index (χ0v) is 13.5. The molecule has 2 aliphatic rings. The number of aromatic nitrogens is 2. The molecule has 4 rings (SSSR count). The first-order chi connectivity index (χ1) is 11.4. The van der Waals surface area contributed by atoms with Crippen LogP contribution in [-0.2, 0) is 0 Å². The zero-order chi connectivity index (χ0) is 15.6. The maximum atomic E-state index is 4.96. The molecule has 0 atom stereocenters. The number of hydrogen-bond acceptors (Lipinski definition) is 1. The summed E-state index contributed by atoms with van der Waals surface area (Å²) >= 11 is 0. The van der Waals surface area contributed by atoms with Gasteiger partial charge in [0.25, 0.3) is 0 Å². The van der Waals surface area contributed by atoms with E-state index < -0.39 is 0 Å². The van der Waals surface area contributed by atoms with Crippen LogP contribution in [0.25, 0.3) is 22.3 Å². The van der Waals surface area contributed by atoms with Gasteiger partial charge in [-0.2, -0.15) is 0 Å². The third kappa shape index (κ3) is 2.59. The first-order valence-corrected chi connectivity index (χ1v) is 8.56. The van der Waals surface area contributed by atoms with Crippen molar-refractivity contribution in [3.63, 3.8) is 0 Å². The summed E-state index contributed by atoms with van der Waals surface area (Å²) in [5.74, 6) is 1.12. The maximum Gasteiger partial charge on any atom is 0.141 e. The number of rotatable bonds is 3. The predicted molar refractivity (Wildman–Crippen MR) is 98.0 cm³/mol. The average molecular weight is 302 g/mol. The number of hydrogen-bond donors (Lipinski definition) is 0. The van der Waals surface area contributed by atoms with Crippen molar-refractivity contribution >= 4 is 22.3 Å². The number of nitrogens with zero attached hydrogens (tertiary/aromatic N) is 2. The van der Waals surface area contributed by atoms with Crippen LogP contribution in [0.5, 0.6) is 0 Å². The van der Waals surface area contributed by atoms with Crippen LogP contribution in [0.4, 0.5) is 0 Å². The van der Waals surface area contributed by atoms with Gasteiger partial charge in [0.1, 0.15) is 5.82 Å². The lowest BCUT2D eigenvalue weighted by Crippen LogP contribution is -2.06. The van der Waals surface area contributed by atoms with Gasteiger partial charge in [-0.25, -0.2) is 4.98 Å². The highest BCUT2D eigenvalue weighted by Gasteiger charge is 2.19. The van der Waals surface area contributed by atoms with Crippen molar-refractivity contribution in [3.8, 4) is 0 Å². The van der Waals surface area contributed by atoms with E-state index in [2.05, 4.69) is 53.6 Å². The highest BCUT2D eigenvalue weighted by molar-refractivity contribution is 5.84. The Balaban J connectivity index is 1.89. The molecule has 23 heavy (non-hydrogen) atoms. The second-order valence-corrected chi connectivity index (χ2v) is 6.34. The van der Waals surface area contributed by atoms with Crippen LogP contribution in [0.15, 0.2) is 60.7 Å². The van der Waals surface area contributed by atoms with Crippen molar-refractivity contribution < 1.29 is 0 Å². The minimum atomic E-state index is 1.04. The molecule has 0 amide bonds. The molecule has 2 heteroatoms. The number of fused-ring (bicyclic) bond motifs is 1. The lowest BCUT2D eigenvalue weighted by molar-refractivity contribution is 0.718. The molecule has 0 saturated heterocycles. The van der Waals surface area contributed by atoms with Crippen molar-refractivity contribution in [2.75, 3.05) is 0 Å². The number of benzene rings is 1. The van der Waals surface area contributed by atoms with Crippen molar-refractivity contribution in [2.45, 2.75) is 38.5 Å². The fourth-order valence-electron chi connectivity index (χ4n) is 3.57. The second-order valence-electron chi connectivity index (χ2n) is 6.34. The number of imidazole rings is 1. The van der Waals surface area contributed by atoms with Gasteiger partial charge >= 0.3 is 0 Å². The molecule has 2 aromatic rings. The van der Waals surface area contributed by atoms with Crippen LogP contribution in [0.1, 0.15) is 44.3 Å². The van der Waals surface area contributed by atoms with E-state index in [9.17, 15) is 0 Å². The number of para-hydroxylation sites is 2. The molecule has 2 nitrogen and oxygen atoms in total. The van der Waals surface area contributed by atoms with Gasteiger partial charge in [-0.05, 0) is 61.8 Å². The van der Waals surface area contributed by atoms with Gasteiger partial charge in [0.15, 0.2) is 0 Å². The van der Waals surface area contributed by atoms with Crippen molar-refractivity contribution in [1.82, 2.24) is 9.55 Å². The Bertz CT molecular complexity index is 846. The largest absolute Gasteiger partial charge is 0.297 e. The molecule has 1 aromatic carbocycles. The highest BCUT2D eigenvalue weighted by atomic mass is 15.1. The summed E-state index contributed by atoms with van der Waals surface area (Å²) in [7, 11) is 0. The Morgan fingerprint density at radius 2 is 1.96 bits per heavy atom. The molecule has 0 fully saturated rings. The smallest absolute Gasteiger partial charge is 0.141 e. The van der Waals surface area contributed by atoms with E-state index in [1.165, 1.54) is 41.6 Å². The molecule has 116 valence electrons. The monoisotopic (exact) mass is 302 g/mol. The molecular weight excluding hydrogens is 280 g/mol. The Kier molecular flexibility index (Phi) is 3.74. The lowest BCUT2D eigenvalue weighted by atomic mass is 9.97. The van der Waals surface area contributed by atoms with Crippen LogP contribution in [0.2, 0.25) is 0 Å². The standard InChI is InChI=1S/C21H22N2/c1-2-16-12-14-17(15-13-16)21-22-19-10-6-7-11-20(19)23(21)18-8-4-3-5-9-18/h2,6-8,10-12,14H,1,3-5,9,13,15H2. The summed E-state index contributed by atoms with van der Waals surface area (Å²) in [6, 6.07) is 8.49. The Morgan fingerprint density at radius 3 is 2.70 bits per heavy atom. The molecule has 1 heterocycles. The average Bonchev–Trinajstić information content (AvgIpc) is 3.02. The summed E-state index contributed by atoms with van der Waals surface area (Å²) in [5.41, 5.74) is 6.38. The summed E-state index contributed by atoms with van der Waals surface area (Å²) in [6.07, 6.45) is 15.8. The summed E-state index contributed by atoms with van der Waals surface area (Å²) in [5, 5.41) is 0. The summed E-state index contributed by atoms with van der Waals surface area (Å²) in [6.45, 7) is 3.88. The van der Waals surface area contributed by atoms with Crippen LogP contribution in [-0.4, -0.2) is 9.55 Å². The topological polar surface area (TPSA) is 17.8 Å². The van der Waals surface area contributed by atoms with E-state index in [0.29, 0.717) is 0 Å². The van der Waals surface area contributed by atoms with Crippen LogP contribution in [0, 0.1) is 0 Å². The van der Waals surface area contributed by atoms with Crippen molar-refractivity contribution in [3.05, 3.63) is 66.5 Å². The molecule has 0 bridgehead atoms. The van der Waals surface area contributed by atoms with Gasteiger partial charge < -0.3 is 0 Å². The Morgan fingerprint density at radius 1 is 1.04 bits per heavy atom. The molecule has 2 aliphatic carbocycles. The molecule has 0 aliphatic heterocycles. The van der Waals surface area contributed by atoms with E-state index in [1.807, 2.05) is 6.08 Å². The van der Waals surface area contributed by atoms with Gasteiger partial charge in [0.05, 0.1) is 11.0 Å². The van der Waals surface area contributed by atoms with Gasteiger partial charge in [-0.15, -0.1) is 0 Å². The Hall–Kier alpha value is -2.35. The fourth-order valence-corrected chi connectivity index (χ4v) is 3.57. The van der Waals surface area contributed by atoms with Crippen LogP contribution in [0.3, 0.4) is 0 Å². The molecular formula is C21H22N2. The number of allylic oxidation sites excluding steroid dienone is 7. The Labute approximate surface area is 137 Å². The fraction of sp³-hybridized carbons (Fsp3) is 0.286. The van der Waals surface area contributed by atoms with Gasteiger partial charge in [-0.3, -0.25) is 4.57 Å². The van der Waals surface area contributed by atoms with E-state index in [-0.39, 0.29) is 0 Å². The quantitative estimate of drug-likeness (QED) is 0.706. The van der Waals surface area contributed by atoms with E-state index in [0.717, 1.165) is 30.6 Å². The first-order valence-electron chi connectivity index (χ1n) is 8.56. The minimum Gasteiger partial charge on any atom is -0.297 e. The van der Waals surface area contributed by atoms with Crippen LogP contribution < -0.4 is 0 Å². The molecule has 0 saturated carbocycles. The van der Waals surface area contributed by atoms with Gasteiger partial charge in [-0.1, -0.05) is 43.0 Å². The summed E-state index contributed by atoms with van der Waals surface area (Å²) < 4.78 is 2.40. The van der Waals surface area contributed by atoms with Gasteiger partial charge in [0, 0.05) is 5.70 Å². The highest BCUT2D eigenvalue weighted by Crippen LogP contribution is 2.34. The molecule has 0 unspecified atom stereocenters. The SMILES string of the molecule is C=CC1=CC=C(c2nc3ccccc3n2C2=CCCCC2)CC1. The summed E-state index contributed by atoms with van der Waals surface area (Å²) in [4.78, 5) is 4.96.